The van der Waals surface area contributed by atoms with Crippen LogP contribution in [0.4, 0.5) is 5.69 Å². The van der Waals surface area contributed by atoms with Gasteiger partial charge in [-0.15, -0.1) is 6.58 Å². The van der Waals surface area contributed by atoms with E-state index in [4.69, 9.17) is 4.74 Å². The van der Waals surface area contributed by atoms with Crippen LogP contribution in [0.2, 0.25) is 0 Å². The Balaban J connectivity index is 2.01. The van der Waals surface area contributed by atoms with Crippen molar-refractivity contribution in [3.8, 4) is 5.75 Å². The molecule has 2 aromatic carbocycles. The largest absolute Gasteiger partial charge is 0.497 e. The number of aliphatic imine (C=N–C) groups is 1. The summed E-state index contributed by atoms with van der Waals surface area (Å²) >= 11 is 0. The number of methoxy groups -OCH3 is 1. The molecule has 0 radical (unpaired) electrons. The number of hydrogen-bond acceptors (Lipinski definition) is 4. The van der Waals surface area contributed by atoms with E-state index < -0.39 is 4.92 Å². The third-order valence-corrected chi connectivity index (χ3v) is 3.57. The topological polar surface area (TPSA) is 88.8 Å². The standard InChI is InChI=1S/C19H22N4O3/c1-3-11-20-19(22-14-16-5-4-6-18(12-16)26-2)21-13-15-7-9-17(10-8-15)23(24)25/h3-10,12H,1,11,13-14H2,2H3,(H2,20,21,22). The van der Waals surface area contributed by atoms with Gasteiger partial charge in [0.1, 0.15) is 5.75 Å². The maximum Gasteiger partial charge on any atom is 0.269 e. The number of nitro benzene ring substituents is 1. The lowest BCUT2D eigenvalue weighted by atomic mass is 10.2. The van der Waals surface area contributed by atoms with Crippen LogP contribution in [0.25, 0.3) is 0 Å². The fraction of sp³-hybridized carbons (Fsp3) is 0.211. The molecule has 2 aromatic rings. The third-order valence-electron chi connectivity index (χ3n) is 3.57. The summed E-state index contributed by atoms with van der Waals surface area (Å²) < 4.78 is 5.22. The van der Waals surface area contributed by atoms with Gasteiger partial charge in [-0.05, 0) is 23.3 Å². The first-order valence-corrected chi connectivity index (χ1v) is 8.11. The number of guanidine groups is 1. The first-order valence-electron chi connectivity index (χ1n) is 8.11. The number of rotatable bonds is 8. The summed E-state index contributed by atoms with van der Waals surface area (Å²) in [6.07, 6.45) is 1.74. The van der Waals surface area contributed by atoms with Crippen molar-refractivity contribution in [1.82, 2.24) is 10.6 Å². The summed E-state index contributed by atoms with van der Waals surface area (Å²) in [5.41, 5.74) is 2.02. The van der Waals surface area contributed by atoms with Crippen LogP contribution >= 0.6 is 0 Å². The second-order valence-corrected chi connectivity index (χ2v) is 5.46. The van der Waals surface area contributed by atoms with Crippen LogP contribution in [0.1, 0.15) is 11.1 Å². The Kier molecular flexibility index (Phi) is 7.17. The molecule has 0 aliphatic rings. The fourth-order valence-electron chi connectivity index (χ4n) is 2.21. The van der Waals surface area contributed by atoms with Crippen LogP contribution in [0.5, 0.6) is 5.75 Å². The van der Waals surface area contributed by atoms with E-state index >= 15 is 0 Å². The Morgan fingerprint density at radius 3 is 2.65 bits per heavy atom. The van der Waals surface area contributed by atoms with E-state index in [1.165, 1.54) is 12.1 Å². The highest BCUT2D eigenvalue weighted by molar-refractivity contribution is 5.79. The number of non-ortho nitro benzene ring substituents is 1. The van der Waals surface area contributed by atoms with Crippen LogP contribution in [0.3, 0.4) is 0 Å². The molecule has 0 aromatic heterocycles. The molecular weight excluding hydrogens is 332 g/mol. The zero-order valence-electron chi connectivity index (χ0n) is 14.6. The average Bonchev–Trinajstić information content (AvgIpc) is 2.67. The predicted molar refractivity (Wildman–Crippen MR) is 102 cm³/mol. The van der Waals surface area contributed by atoms with Crippen LogP contribution in [0, 0.1) is 10.1 Å². The first-order chi connectivity index (χ1) is 12.6. The van der Waals surface area contributed by atoms with Crippen molar-refractivity contribution >= 4 is 11.6 Å². The van der Waals surface area contributed by atoms with Gasteiger partial charge in [0.2, 0.25) is 0 Å². The Bertz CT molecular complexity index is 773. The predicted octanol–water partition coefficient (Wildman–Crippen LogP) is 3.02. The Morgan fingerprint density at radius 2 is 2.00 bits per heavy atom. The Morgan fingerprint density at radius 1 is 1.23 bits per heavy atom. The molecule has 0 heterocycles. The van der Waals surface area contributed by atoms with E-state index in [1.807, 2.05) is 24.3 Å². The fourth-order valence-corrected chi connectivity index (χ4v) is 2.21. The molecule has 0 fully saturated rings. The normalized spacial score (nSPS) is 10.9. The highest BCUT2D eigenvalue weighted by atomic mass is 16.6. The van der Waals surface area contributed by atoms with Crippen LogP contribution in [-0.4, -0.2) is 24.5 Å². The lowest BCUT2D eigenvalue weighted by Crippen LogP contribution is -2.37. The van der Waals surface area contributed by atoms with Crippen molar-refractivity contribution in [3.05, 3.63) is 82.4 Å². The molecule has 0 atom stereocenters. The second kappa shape index (κ2) is 9.83. The summed E-state index contributed by atoms with van der Waals surface area (Å²) in [6.45, 7) is 5.26. The summed E-state index contributed by atoms with van der Waals surface area (Å²) in [7, 11) is 1.63. The van der Waals surface area contributed by atoms with Crippen molar-refractivity contribution in [2.45, 2.75) is 13.1 Å². The van der Waals surface area contributed by atoms with Gasteiger partial charge in [-0.3, -0.25) is 10.1 Å². The number of nitrogens with one attached hydrogen (secondary N) is 2. The molecule has 0 spiro atoms. The number of ether oxygens (including phenoxy) is 1. The quantitative estimate of drug-likeness (QED) is 0.250. The van der Waals surface area contributed by atoms with Gasteiger partial charge >= 0.3 is 0 Å². The highest BCUT2D eigenvalue weighted by Crippen LogP contribution is 2.13. The zero-order valence-corrected chi connectivity index (χ0v) is 14.6. The molecule has 0 unspecified atom stereocenters. The van der Waals surface area contributed by atoms with E-state index in [9.17, 15) is 10.1 Å². The van der Waals surface area contributed by atoms with Crippen molar-refractivity contribution < 1.29 is 9.66 Å². The minimum atomic E-state index is -0.413. The van der Waals surface area contributed by atoms with Gasteiger partial charge in [-0.2, -0.15) is 0 Å². The van der Waals surface area contributed by atoms with E-state index in [0.29, 0.717) is 25.6 Å². The van der Waals surface area contributed by atoms with Crippen LogP contribution in [-0.2, 0) is 13.1 Å². The molecule has 26 heavy (non-hydrogen) atoms. The van der Waals surface area contributed by atoms with Crippen molar-refractivity contribution in [1.29, 1.82) is 0 Å². The van der Waals surface area contributed by atoms with Crippen LogP contribution < -0.4 is 15.4 Å². The lowest BCUT2D eigenvalue weighted by Gasteiger charge is -2.12. The van der Waals surface area contributed by atoms with Gasteiger partial charge in [-0.1, -0.05) is 30.3 Å². The van der Waals surface area contributed by atoms with Gasteiger partial charge in [0.05, 0.1) is 18.6 Å². The van der Waals surface area contributed by atoms with E-state index in [-0.39, 0.29) is 5.69 Å². The number of benzene rings is 2. The monoisotopic (exact) mass is 354 g/mol. The molecule has 0 saturated carbocycles. The van der Waals surface area contributed by atoms with Crippen molar-refractivity contribution in [3.63, 3.8) is 0 Å². The molecule has 7 nitrogen and oxygen atoms in total. The molecule has 0 saturated heterocycles. The SMILES string of the molecule is C=CCNC(=NCc1cccc(OC)c1)NCc1ccc([N+](=O)[O-])cc1. The minimum absolute atomic E-state index is 0.0745. The lowest BCUT2D eigenvalue weighted by molar-refractivity contribution is -0.384. The molecule has 2 N–H and O–H groups in total. The molecule has 0 aliphatic carbocycles. The average molecular weight is 354 g/mol. The summed E-state index contributed by atoms with van der Waals surface area (Å²) in [5.74, 6) is 1.42. The Hall–Kier alpha value is -3.35. The molecule has 2 rings (SSSR count). The summed E-state index contributed by atoms with van der Waals surface area (Å²) in [5, 5.41) is 17.1. The van der Waals surface area contributed by atoms with E-state index in [0.717, 1.165) is 16.9 Å². The first kappa shape index (κ1) is 19.0. The number of nitro groups is 1. The van der Waals surface area contributed by atoms with Gasteiger partial charge in [0.15, 0.2) is 5.96 Å². The molecule has 0 bridgehead atoms. The van der Waals surface area contributed by atoms with Crippen molar-refractivity contribution in [2.75, 3.05) is 13.7 Å². The Labute approximate surface area is 152 Å². The van der Waals surface area contributed by atoms with Crippen molar-refractivity contribution in [2.24, 2.45) is 4.99 Å². The summed E-state index contributed by atoms with van der Waals surface area (Å²) in [4.78, 5) is 14.8. The van der Waals surface area contributed by atoms with E-state index in [1.54, 1.807) is 25.3 Å². The maximum absolute atomic E-state index is 10.7. The molecule has 0 amide bonds. The zero-order chi connectivity index (χ0) is 18.8. The van der Waals surface area contributed by atoms with Gasteiger partial charge in [-0.25, -0.2) is 4.99 Å². The van der Waals surface area contributed by atoms with Gasteiger partial charge in [0.25, 0.3) is 5.69 Å². The second-order valence-electron chi connectivity index (χ2n) is 5.46. The highest BCUT2D eigenvalue weighted by Gasteiger charge is 2.04. The summed E-state index contributed by atoms with van der Waals surface area (Å²) in [6, 6.07) is 14.1. The molecule has 7 heteroatoms. The smallest absolute Gasteiger partial charge is 0.269 e. The molecule has 0 aliphatic heterocycles. The van der Waals surface area contributed by atoms with E-state index in [2.05, 4.69) is 22.2 Å². The van der Waals surface area contributed by atoms with Crippen LogP contribution in [0.15, 0.2) is 66.2 Å². The maximum atomic E-state index is 10.7. The number of nitrogens with zero attached hydrogens (tertiary/aromatic N) is 2. The van der Waals surface area contributed by atoms with Gasteiger partial charge in [0, 0.05) is 25.2 Å². The third kappa shape index (κ3) is 5.94. The van der Waals surface area contributed by atoms with Gasteiger partial charge < -0.3 is 15.4 Å². The minimum Gasteiger partial charge on any atom is -0.497 e. The molecular formula is C19H22N4O3. The number of hydrogen-bond donors (Lipinski definition) is 2. The molecule has 136 valence electrons.